The number of methoxy groups -OCH3 is 2. The van der Waals surface area contributed by atoms with Crippen molar-refractivity contribution in [3.8, 4) is 23.0 Å². The zero-order chi connectivity index (χ0) is 22.0. The van der Waals surface area contributed by atoms with Crippen LogP contribution in [0.3, 0.4) is 0 Å². The molecule has 0 aliphatic carbocycles. The maximum atomic E-state index is 13.0. The van der Waals surface area contributed by atoms with Gasteiger partial charge in [0.25, 0.3) is 0 Å². The van der Waals surface area contributed by atoms with E-state index in [9.17, 15) is 4.79 Å². The van der Waals surface area contributed by atoms with Gasteiger partial charge in [-0.3, -0.25) is 4.79 Å². The van der Waals surface area contributed by atoms with Crippen molar-refractivity contribution in [2.24, 2.45) is 0 Å². The third kappa shape index (κ3) is 4.30. The van der Waals surface area contributed by atoms with Crippen molar-refractivity contribution in [2.45, 2.75) is 13.5 Å². The Morgan fingerprint density at radius 3 is 2.55 bits per heavy atom. The highest BCUT2D eigenvalue weighted by Crippen LogP contribution is 2.38. The summed E-state index contributed by atoms with van der Waals surface area (Å²) in [6, 6.07) is 16.9. The molecule has 0 bridgehead atoms. The van der Waals surface area contributed by atoms with Crippen LogP contribution in [0, 0.1) is 6.92 Å². The highest BCUT2D eigenvalue weighted by atomic mass is 79.9. The number of fused-ring (bicyclic) bond motifs is 1. The Hall–Kier alpha value is -3.25. The number of aryl methyl sites for hydroxylation is 1. The number of hydrogen-bond acceptors (Lipinski definition) is 5. The van der Waals surface area contributed by atoms with E-state index in [-0.39, 0.29) is 11.5 Å². The minimum atomic E-state index is -0.161. The van der Waals surface area contributed by atoms with Gasteiger partial charge >= 0.3 is 0 Å². The second kappa shape index (κ2) is 8.86. The van der Waals surface area contributed by atoms with Gasteiger partial charge in [-0.15, -0.1) is 0 Å². The van der Waals surface area contributed by atoms with Crippen molar-refractivity contribution in [1.82, 2.24) is 0 Å². The first-order valence-corrected chi connectivity index (χ1v) is 10.5. The molecule has 0 saturated carbocycles. The zero-order valence-electron chi connectivity index (χ0n) is 17.4. The SMILES string of the molecule is COc1ccc(Br)cc1/C=C1\Oc2cc(OCc3ccccc3OC)cc(C)c2C1=O. The lowest BCUT2D eigenvalue weighted by atomic mass is 10.0. The summed E-state index contributed by atoms with van der Waals surface area (Å²) in [5.74, 6) is 2.61. The molecule has 158 valence electrons. The van der Waals surface area contributed by atoms with Crippen LogP contribution in [0.4, 0.5) is 0 Å². The molecule has 4 rings (SSSR count). The lowest BCUT2D eigenvalue weighted by Crippen LogP contribution is -2.01. The molecule has 1 aliphatic rings. The minimum Gasteiger partial charge on any atom is -0.496 e. The summed E-state index contributed by atoms with van der Waals surface area (Å²) in [6.07, 6.45) is 1.70. The number of carbonyl (C=O) groups is 1. The van der Waals surface area contributed by atoms with Gasteiger partial charge in [0.1, 0.15) is 29.6 Å². The Kier molecular flexibility index (Phi) is 6.00. The van der Waals surface area contributed by atoms with Crippen LogP contribution in [0.15, 0.2) is 64.8 Å². The van der Waals surface area contributed by atoms with E-state index in [0.717, 1.165) is 26.9 Å². The maximum absolute atomic E-state index is 13.0. The molecule has 5 nitrogen and oxygen atoms in total. The van der Waals surface area contributed by atoms with Crippen LogP contribution in [0.2, 0.25) is 0 Å². The van der Waals surface area contributed by atoms with E-state index in [1.807, 2.05) is 55.5 Å². The Morgan fingerprint density at radius 2 is 1.77 bits per heavy atom. The first kappa shape index (κ1) is 21.0. The molecule has 0 aromatic heterocycles. The van der Waals surface area contributed by atoms with Gasteiger partial charge in [0.05, 0.1) is 19.8 Å². The average molecular weight is 481 g/mol. The Labute approximate surface area is 189 Å². The van der Waals surface area contributed by atoms with Gasteiger partial charge in [-0.25, -0.2) is 0 Å². The van der Waals surface area contributed by atoms with Gasteiger partial charge in [0.2, 0.25) is 5.78 Å². The predicted molar refractivity (Wildman–Crippen MR) is 122 cm³/mol. The van der Waals surface area contributed by atoms with Crippen molar-refractivity contribution in [3.63, 3.8) is 0 Å². The number of Topliss-reactive ketones (excluding diaryl/α,β-unsaturated/α-hetero) is 1. The van der Waals surface area contributed by atoms with Crippen LogP contribution in [0.5, 0.6) is 23.0 Å². The van der Waals surface area contributed by atoms with E-state index in [4.69, 9.17) is 18.9 Å². The van der Waals surface area contributed by atoms with Crippen molar-refractivity contribution >= 4 is 27.8 Å². The molecule has 3 aromatic carbocycles. The first-order chi connectivity index (χ1) is 15.0. The highest BCUT2D eigenvalue weighted by Gasteiger charge is 2.30. The van der Waals surface area contributed by atoms with E-state index in [2.05, 4.69) is 15.9 Å². The summed E-state index contributed by atoms with van der Waals surface area (Å²) in [5, 5.41) is 0. The van der Waals surface area contributed by atoms with Crippen molar-refractivity contribution in [1.29, 1.82) is 0 Å². The fraction of sp³-hybridized carbons (Fsp3) is 0.160. The van der Waals surface area contributed by atoms with Gasteiger partial charge in [-0.1, -0.05) is 34.1 Å². The van der Waals surface area contributed by atoms with E-state index in [1.54, 1.807) is 26.4 Å². The number of halogens is 1. The molecular weight excluding hydrogens is 460 g/mol. The van der Waals surface area contributed by atoms with Crippen molar-refractivity contribution in [3.05, 3.63) is 87.1 Å². The molecule has 0 fully saturated rings. The largest absolute Gasteiger partial charge is 0.496 e. The van der Waals surface area contributed by atoms with Gasteiger partial charge in [0.15, 0.2) is 5.76 Å². The lowest BCUT2D eigenvalue weighted by molar-refractivity contribution is 0.101. The van der Waals surface area contributed by atoms with Gasteiger partial charge < -0.3 is 18.9 Å². The molecule has 0 atom stereocenters. The van der Waals surface area contributed by atoms with E-state index >= 15 is 0 Å². The van der Waals surface area contributed by atoms with Crippen LogP contribution >= 0.6 is 15.9 Å². The molecule has 0 N–H and O–H groups in total. The van der Waals surface area contributed by atoms with Crippen LogP contribution in [-0.4, -0.2) is 20.0 Å². The van der Waals surface area contributed by atoms with E-state index < -0.39 is 0 Å². The van der Waals surface area contributed by atoms with Crippen LogP contribution in [-0.2, 0) is 6.61 Å². The number of para-hydroxylation sites is 1. The number of rotatable bonds is 6. The van der Waals surface area contributed by atoms with Gasteiger partial charge in [-0.05, 0) is 48.9 Å². The molecule has 1 heterocycles. The monoisotopic (exact) mass is 480 g/mol. The zero-order valence-corrected chi connectivity index (χ0v) is 19.0. The summed E-state index contributed by atoms with van der Waals surface area (Å²) >= 11 is 3.45. The molecule has 0 spiro atoms. The van der Waals surface area contributed by atoms with E-state index in [0.29, 0.717) is 29.4 Å². The van der Waals surface area contributed by atoms with Gasteiger partial charge in [-0.2, -0.15) is 0 Å². The fourth-order valence-electron chi connectivity index (χ4n) is 3.50. The lowest BCUT2D eigenvalue weighted by Gasteiger charge is -2.11. The molecule has 3 aromatic rings. The molecule has 0 radical (unpaired) electrons. The van der Waals surface area contributed by atoms with Crippen LogP contribution < -0.4 is 18.9 Å². The molecule has 1 aliphatic heterocycles. The number of ketones is 1. The summed E-state index contributed by atoms with van der Waals surface area (Å²) in [4.78, 5) is 13.0. The summed E-state index contributed by atoms with van der Waals surface area (Å²) in [5.41, 5.74) is 3.02. The van der Waals surface area contributed by atoms with Crippen molar-refractivity contribution in [2.75, 3.05) is 14.2 Å². The van der Waals surface area contributed by atoms with Crippen LogP contribution in [0.25, 0.3) is 6.08 Å². The number of hydrogen-bond donors (Lipinski definition) is 0. The Balaban J connectivity index is 1.60. The Bertz CT molecular complexity index is 1180. The predicted octanol–water partition coefficient (Wildman–Crippen LogP) is 5.97. The first-order valence-electron chi connectivity index (χ1n) is 9.67. The third-order valence-electron chi connectivity index (χ3n) is 5.01. The Morgan fingerprint density at radius 1 is 1.00 bits per heavy atom. The standard InChI is InChI=1S/C25H21BrO5/c1-15-10-19(30-14-16-6-4-5-7-20(16)28-2)13-22-24(15)25(27)23(31-22)12-17-11-18(26)8-9-21(17)29-3/h4-13H,14H2,1-3H3/b23-12-. The second-order valence-corrected chi connectivity index (χ2v) is 7.96. The summed E-state index contributed by atoms with van der Waals surface area (Å²) in [7, 11) is 3.22. The normalized spacial score (nSPS) is 13.7. The maximum Gasteiger partial charge on any atom is 0.232 e. The summed E-state index contributed by atoms with van der Waals surface area (Å²) < 4.78 is 23.5. The summed E-state index contributed by atoms with van der Waals surface area (Å²) in [6.45, 7) is 2.22. The van der Waals surface area contributed by atoms with E-state index in [1.165, 1.54) is 0 Å². The molecule has 6 heteroatoms. The number of ether oxygens (including phenoxy) is 4. The quantitative estimate of drug-likeness (QED) is 0.406. The van der Waals surface area contributed by atoms with Crippen molar-refractivity contribution < 1.29 is 23.7 Å². The molecule has 31 heavy (non-hydrogen) atoms. The number of carbonyl (C=O) groups excluding carboxylic acids is 1. The van der Waals surface area contributed by atoms with Crippen LogP contribution in [0.1, 0.15) is 27.0 Å². The molecule has 0 saturated heterocycles. The third-order valence-corrected chi connectivity index (χ3v) is 5.50. The average Bonchev–Trinajstić information content (AvgIpc) is 3.08. The smallest absolute Gasteiger partial charge is 0.232 e. The molecular formula is C25H21BrO5. The second-order valence-electron chi connectivity index (χ2n) is 7.04. The highest BCUT2D eigenvalue weighted by molar-refractivity contribution is 9.10. The molecule has 0 unspecified atom stereocenters. The number of allylic oxidation sites excluding steroid dienone is 1. The minimum absolute atomic E-state index is 0.161. The number of benzene rings is 3. The van der Waals surface area contributed by atoms with Gasteiger partial charge in [0, 0.05) is 21.7 Å². The molecule has 0 amide bonds. The topological polar surface area (TPSA) is 54.0 Å². The fourth-order valence-corrected chi connectivity index (χ4v) is 3.88.